The van der Waals surface area contributed by atoms with E-state index in [0.717, 1.165) is 5.69 Å². The van der Waals surface area contributed by atoms with Crippen LogP contribution in [0.3, 0.4) is 0 Å². The molecule has 0 spiro atoms. The second-order valence-electron chi connectivity index (χ2n) is 6.84. The first-order valence-electron chi connectivity index (χ1n) is 8.54. The van der Waals surface area contributed by atoms with Crippen molar-refractivity contribution < 1.29 is 0 Å². The van der Waals surface area contributed by atoms with Gasteiger partial charge in [0.25, 0.3) is 0 Å². The van der Waals surface area contributed by atoms with Gasteiger partial charge in [-0.2, -0.15) is 0 Å². The molecule has 24 heavy (non-hydrogen) atoms. The molecule has 0 bridgehead atoms. The Morgan fingerprint density at radius 3 is 2.21 bits per heavy atom. The van der Waals surface area contributed by atoms with Crippen LogP contribution < -0.4 is 0 Å². The minimum atomic E-state index is 0.368. The monoisotopic (exact) mass is 315 g/mol. The van der Waals surface area contributed by atoms with Gasteiger partial charge < -0.3 is 0 Å². The Bertz CT molecular complexity index is 842. The number of benzene rings is 2. The van der Waals surface area contributed by atoms with E-state index in [4.69, 9.17) is 4.99 Å². The van der Waals surface area contributed by atoms with Crippen molar-refractivity contribution >= 4 is 11.9 Å². The first-order chi connectivity index (χ1) is 11.5. The maximum absolute atomic E-state index is 4.83. The van der Waals surface area contributed by atoms with Gasteiger partial charge in [-0.25, -0.2) is 0 Å². The van der Waals surface area contributed by atoms with Crippen molar-refractivity contribution in [3.05, 3.63) is 87.5 Å². The molecule has 0 saturated heterocycles. The highest BCUT2D eigenvalue weighted by Crippen LogP contribution is 2.35. The van der Waals surface area contributed by atoms with Crippen LogP contribution in [0.15, 0.2) is 64.7 Å². The van der Waals surface area contributed by atoms with Gasteiger partial charge in [-0.05, 0) is 56.9 Å². The molecule has 1 nitrogen and oxygen atoms in total. The van der Waals surface area contributed by atoms with Crippen molar-refractivity contribution in [1.29, 1.82) is 0 Å². The van der Waals surface area contributed by atoms with Gasteiger partial charge in [0.2, 0.25) is 0 Å². The van der Waals surface area contributed by atoms with E-state index in [-0.39, 0.29) is 0 Å². The number of hydrogen-bond donors (Lipinski definition) is 0. The Morgan fingerprint density at radius 2 is 1.58 bits per heavy atom. The summed E-state index contributed by atoms with van der Waals surface area (Å²) in [5.41, 5.74) is 10.2. The van der Waals surface area contributed by atoms with Crippen molar-refractivity contribution in [2.45, 2.75) is 40.5 Å². The number of hydrogen-bond acceptors (Lipinski definition) is 1. The highest BCUT2D eigenvalue weighted by Gasteiger charge is 2.18. The van der Waals surface area contributed by atoms with Crippen LogP contribution in [0.25, 0.3) is 0 Å². The molecule has 0 aromatic heterocycles. The van der Waals surface area contributed by atoms with Crippen LogP contribution in [0.1, 0.15) is 47.6 Å². The lowest BCUT2D eigenvalue weighted by Crippen LogP contribution is -2.00. The summed E-state index contributed by atoms with van der Waals surface area (Å²) in [6.07, 6.45) is 6.54. The average molecular weight is 315 g/mol. The minimum Gasteiger partial charge on any atom is -0.256 e. The smallest absolute Gasteiger partial charge is 0.0688 e. The summed E-state index contributed by atoms with van der Waals surface area (Å²) in [5, 5.41) is 0. The summed E-state index contributed by atoms with van der Waals surface area (Å²) >= 11 is 0. The average Bonchev–Trinajstić information content (AvgIpc) is 2.86. The molecule has 2 aromatic carbocycles. The van der Waals surface area contributed by atoms with E-state index in [9.17, 15) is 0 Å². The fraction of sp³-hybridized carbons (Fsp3) is 0.261. The molecule has 0 fully saturated rings. The van der Waals surface area contributed by atoms with E-state index in [1.165, 1.54) is 39.0 Å². The van der Waals surface area contributed by atoms with Crippen LogP contribution in [-0.2, 0) is 0 Å². The zero-order valence-corrected chi connectivity index (χ0v) is 15.2. The van der Waals surface area contributed by atoms with Crippen molar-refractivity contribution in [2.75, 3.05) is 0 Å². The van der Waals surface area contributed by atoms with E-state index in [0.29, 0.717) is 5.92 Å². The quantitative estimate of drug-likeness (QED) is 0.585. The molecule has 0 N–H and O–H groups in total. The van der Waals surface area contributed by atoms with Gasteiger partial charge in [0.15, 0.2) is 0 Å². The van der Waals surface area contributed by atoms with Gasteiger partial charge in [-0.15, -0.1) is 0 Å². The van der Waals surface area contributed by atoms with Gasteiger partial charge in [0.1, 0.15) is 0 Å². The summed E-state index contributed by atoms with van der Waals surface area (Å²) in [7, 11) is 0. The standard InChI is InChI=1S/C23H25N/c1-15-12-17(3)23(18(4)13-15)24-14-20-8-6-7-9-22(20)21-11-10-16(2)19(21)5/h6-14,21H,1-5H3. The highest BCUT2D eigenvalue weighted by molar-refractivity contribution is 5.85. The van der Waals surface area contributed by atoms with E-state index >= 15 is 0 Å². The number of nitrogens with zero attached hydrogens (tertiary/aromatic N) is 1. The first-order valence-corrected chi connectivity index (χ1v) is 8.54. The summed E-state index contributed by atoms with van der Waals surface area (Å²) in [4.78, 5) is 4.83. The maximum atomic E-state index is 4.83. The molecule has 3 rings (SSSR count). The van der Waals surface area contributed by atoms with E-state index < -0.39 is 0 Å². The second kappa shape index (κ2) is 6.60. The third kappa shape index (κ3) is 3.12. The molecule has 0 saturated carbocycles. The zero-order chi connectivity index (χ0) is 17.3. The molecule has 2 aromatic rings. The lowest BCUT2D eigenvalue weighted by Gasteiger charge is -2.14. The van der Waals surface area contributed by atoms with Crippen LogP contribution in [0, 0.1) is 20.8 Å². The normalized spacial score (nSPS) is 17.3. The van der Waals surface area contributed by atoms with Gasteiger partial charge >= 0.3 is 0 Å². The Labute approximate surface area is 145 Å². The Balaban J connectivity index is 1.99. The van der Waals surface area contributed by atoms with Crippen molar-refractivity contribution in [2.24, 2.45) is 4.99 Å². The lowest BCUT2D eigenvalue weighted by atomic mass is 9.90. The Kier molecular flexibility index (Phi) is 4.53. The number of aliphatic imine (C=N–C) groups is 1. The molecule has 1 atom stereocenters. The minimum absolute atomic E-state index is 0.368. The molecule has 122 valence electrons. The van der Waals surface area contributed by atoms with Crippen LogP contribution >= 0.6 is 0 Å². The van der Waals surface area contributed by atoms with E-state index in [1.807, 2.05) is 6.21 Å². The van der Waals surface area contributed by atoms with Crippen LogP contribution in [0.5, 0.6) is 0 Å². The summed E-state index contributed by atoms with van der Waals surface area (Å²) in [6.45, 7) is 10.8. The van der Waals surface area contributed by atoms with E-state index in [1.54, 1.807) is 0 Å². The summed E-state index contributed by atoms with van der Waals surface area (Å²) in [6, 6.07) is 13.0. The predicted molar refractivity (Wildman–Crippen MR) is 105 cm³/mol. The van der Waals surface area contributed by atoms with Crippen molar-refractivity contribution in [1.82, 2.24) is 0 Å². The molecule has 1 heteroatoms. The third-order valence-electron chi connectivity index (χ3n) is 4.93. The largest absolute Gasteiger partial charge is 0.256 e. The fourth-order valence-electron chi connectivity index (χ4n) is 3.52. The second-order valence-corrected chi connectivity index (χ2v) is 6.84. The Morgan fingerprint density at radius 1 is 0.917 bits per heavy atom. The van der Waals surface area contributed by atoms with Crippen LogP contribution in [0.4, 0.5) is 5.69 Å². The van der Waals surface area contributed by atoms with Crippen molar-refractivity contribution in [3.8, 4) is 0 Å². The maximum Gasteiger partial charge on any atom is 0.0688 e. The van der Waals surface area contributed by atoms with Gasteiger partial charge in [-0.3, -0.25) is 4.99 Å². The van der Waals surface area contributed by atoms with E-state index in [2.05, 4.69) is 83.2 Å². The molecule has 0 amide bonds. The fourth-order valence-corrected chi connectivity index (χ4v) is 3.52. The molecule has 1 unspecified atom stereocenters. The SMILES string of the molecule is CC1=C(C)C(c2ccccc2C=Nc2c(C)cc(C)cc2C)C=C1. The van der Waals surface area contributed by atoms with Crippen LogP contribution in [-0.4, -0.2) is 6.21 Å². The molecular weight excluding hydrogens is 290 g/mol. The number of allylic oxidation sites excluding steroid dienone is 4. The summed E-state index contributed by atoms with van der Waals surface area (Å²) < 4.78 is 0. The topological polar surface area (TPSA) is 12.4 Å². The van der Waals surface area contributed by atoms with Gasteiger partial charge in [0, 0.05) is 12.1 Å². The summed E-state index contributed by atoms with van der Waals surface area (Å²) in [5.74, 6) is 0.368. The Hall–Kier alpha value is -2.41. The third-order valence-corrected chi connectivity index (χ3v) is 4.93. The van der Waals surface area contributed by atoms with Gasteiger partial charge in [0.05, 0.1) is 5.69 Å². The lowest BCUT2D eigenvalue weighted by molar-refractivity contribution is 1.000. The molecule has 1 aliphatic rings. The molecule has 1 aliphatic carbocycles. The molecule has 0 radical (unpaired) electrons. The van der Waals surface area contributed by atoms with Gasteiger partial charge in [-0.1, -0.05) is 65.3 Å². The van der Waals surface area contributed by atoms with Crippen molar-refractivity contribution in [3.63, 3.8) is 0 Å². The molecule has 0 aliphatic heterocycles. The molecule has 0 heterocycles. The molecular formula is C23H25N. The highest BCUT2D eigenvalue weighted by atomic mass is 14.7. The number of aryl methyl sites for hydroxylation is 3. The van der Waals surface area contributed by atoms with Crippen LogP contribution in [0.2, 0.25) is 0 Å². The number of rotatable bonds is 3. The first kappa shape index (κ1) is 16.4. The predicted octanol–water partition coefficient (Wildman–Crippen LogP) is 6.35. The zero-order valence-electron chi connectivity index (χ0n) is 15.2.